The Bertz CT molecular complexity index is 843. The molecular formula is C19H21N5OS. The van der Waals surface area contributed by atoms with Crippen LogP contribution in [-0.4, -0.2) is 43.0 Å². The molecule has 3 heterocycles. The van der Waals surface area contributed by atoms with E-state index in [-0.39, 0.29) is 5.75 Å². The van der Waals surface area contributed by atoms with Gasteiger partial charge in [-0.05, 0) is 44.5 Å². The lowest BCUT2D eigenvalue weighted by Gasteiger charge is -2.12. The van der Waals surface area contributed by atoms with Crippen molar-refractivity contribution in [3.63, 3.8) is 0 Å². The van der Waals surface area contributed by atoms with E-state index in [2.05, 4.69) is 20.3 Å². The van der Waals surface area contributed by atoms with Gasteiger partial charge in [-0.3, -0.25) is 4.98 Å². The number of phenols is 1. The normalized spacial score (nSPS) is 17.8. The predicted molar refractivity (Wildman–Crippen MR) is 103 cm³/mol. The molecule has 0 saturated carbocycles. The molecule has 4 rings (SSSR count). The monoisotopic (exact) mass is 367 g/mol. The number of imidazole rings is 1. The van der Waals surface area contributed by atoms with Gasteiger partial charge in [0, 0.05) is 29.3 Å². The smallest absolute Gasteiger partial charge is 0.127 e. The van der Waals surface area contributed by atoms with Gasteiger partial charge in [-0.1, -0.05) is 0 Å². The number of rotatable bonds is 4. The first-order valence-corrected chi connectivity index (χ1v) is 9.69. The zero-order chi connectivity index (χ0) is 17.8. The molecule has 1 aromatic carbocycles. The van der Waals surface area contributed by atoms with E-state index in [0.717, 1.165) is 30.2 Å². The second kappa shape index (κ2) is 7.88. The van der Waals surface area contributed by atoms with Gasteiger partial charge in [0.15, 0.2) is 0 Å². The van der Waals surface area contributed by atoms with Crippen LogP contribution in [-0.2, 0) is 0 Å². The van der Waals surface area contributed by atoms with Crippen molar-refractivity contribution in [2.45, 2.75) is 29.5 Å². The van der Waals surface area contributed by atoms with Crippen LogP contribution in [0.25, 0.3) is 16.9 Å². The highest BCUT2D eigenvalue weighted by Crippen LogP contribution is 2.31. The Morgan fingerprint density at radius 1 is 1.15 bits per heavy atom. The molecule has 0 bridgehead atoms. The summed E-state index contributed by atoms with van der Waals surface area (Å²) in [5, 5.41) is 15.4. The van der Waals surface area contributed by atoms with Crippen LogP contribution in [0.3, 0.4) is 0 Å². The van der Waals surface area contributed by atoms with Crippen molar-refractivity contribution in [1.29, 1.82) is 0 Å². The average Bonchev–Trinajstić information content (AvgIpc) is 3.08. The van der Waals surface area contributed by atoms with Crippen molar-refractivity contribution in [3.8, 4) is 22.7 Å². The Kier molecular flexibility index (Phi) is 5.17. The first-order valence-electron chi connectivity index (χ1n) is 8.81. The van der Waals surface area contributed by atoms with Crippen molar-refractivity contribution in [1.82, 2.24) is 24.8 Å². The molecule has 1 unspecified atom stereocenters. The molecular weight excluding hydrogens is 346 g/mol. The highest BCUT2D eigenvalue weighted by Gasteiger charge is 2.15. The molecule has 1 atom stereocenters. The fourth-order valence-corrected chi connectivity index (χ4v) is 4.19. The van der Waals surface area contributed by atoms with Gasteiger partial charge < -0.3 is 15.0 Å². The summed E-state index contributed by atoms with van der Waals surface area (Å²) in [5.74, 6) is 0.181. The van der Waals surface area contributed by atoms with Crippen LogP contribution >= 0.6 is 11.8 Å². The summed E-state index contributed by atoms with van der Waals surface area (Å²) in [6, 6.07) is 5.50. The van der Waals surface area contributed by atoms with Gasteiger partial charge in [0.25, 0.3) is 0 Å². The number of aromatic nitrogens is 4. The molecule has 0 amide bonds. The van der Waals surface area contributed by atoms with Gasteiger partial charge >= 0.3 is 0 Å². The summed E-state index contributed by atoms with van der Waals surface area (Å²) in [5.41, 5.74) is 2.20. The second-order valence-corrected chi connectivity index (χ2v) is 7.65. The maximum atomic E-state index is 10.4. The maximum Gasteiger partial charge on any atom is 0.127 e. The third-order valence-corrected chi connectivity index (χ3v) is 5.76. The van der Waals surface area contributed by atoms with Gasteiger partial charge in [0.05, 0.1) is 30.1 Å². The van der Waals surface area contributed by atoms with Crippen LogP contribution in [0.2, 0.25) is 0 Å². The summed E-state index contributed by atoms with van der Waals surface area (Å²) in [7, 11) is 0. The minimum atomic E-state index is 0.181. The molecule has 1 saturated heterocycles. The van der Waals surface area contributed by atoms with Crippen molar-refractivity contribution < 1.29 is 5.11 Å². The van der Waals surface area contributed by atoms with E-state index in [1.807, 2.05) is 29.1 Å². The van der Waals surface area contributed by atoms with Crippen LogP contribution in [0.4, 0.5) is 0 Å². The quantitative estimate of drug-likeness (QED) is 0.737. The van der Waals surface area contributed by atoms with Crippen molar-refractivity contribution in [2.24, 2.45) is 0 Å². The zero-order valence-corrected chi connectivity index (χ0v) is 15.2. The first kappa shape index (κ1) is 17.1. The average molecular weight is 367 g/mol. The minimum Gasteiger partial charge on any atom is -0.507 e. The van der Waals surface area contributed by atoms with E-state index >= 15 is 0 Å². The molecule has 3 aromatic rings. The third kappa shape index (κ3) is 3.89. The summed E-state index contributed by atoms with van der Waals surface area (Å²) in [4.78, 5) is 13.1. The van der Waals surface area contributed by atoms with Crippen molar-refractivity contribution >= 4 is 11.8 Å². The molecule has 0 aliphatic carbocycles. The Hall–Kier alpha value is -2.38. The van der Waals surface area contributed by atoms with Crippen LogP contribution in [0, 0.1) is 0 Å². The molecule has 6 nitrogen and oxygen atoms in total. The molecule has 0 radical (unpaired) electrons. The summed E-state index contributed by atoms with van der Waals surface area (Å²) < 4.78 is 1.84. The van der Waals surface area contributed by atoms with Crippen LogP contribution < -0.4 is 5.32 Å². The fourth-order valence-electron chi connectivity index (χ4n) is 3.10. The highest BCUT2D eigenvalue weighted by atomic mass is 32.2. The molecule has 2 N–H and O–H groups in total. The lowest BCUT2D eigenvalue weighted by atomic mass is 10.1. The molecule has 134 valence electrons. The first-order chi connectivity index (χ1) is 12.8. The Labute approximate surface area is 156 Å². The molecule has 7 heteroatoms. The lowest BCUT2D eigenvalue weighted by molar-refractivity contribution is 0.477. The van der Waals surface area contributed by atoms with Gasteiger partial charge in [0.1, 0.15) is 10.8 Å². The van der Waals surface area contributed by atoms with E-state index in [1.165, 1.54) is 12.8 Å². The van der Waals surface area contributed by atoms with E-state index in [0.29, 0.717) is 16.5 Å². The molecule has 0 spiro atoms. The Balaban J connectivity index is 1.49. The number of benzene rings is 1. The second-order valence-electron chi connectivity index (χ2n) is 6.33. The third-order valence-electron chi connectivity index (χ3n) is 4.50. The minimum absolute atomic E-state index is 0.181. The van der Waals surface area contributed by atoms with Crippen LogP contribution in [0.1, 0.15) is 19.3 Å². The van der Waals surface area contributed by atoms with Crippen molar-refractivity contribution in [3.05, 3.63) is 49.3 Å². The van der Waals surface area contributed by atoms with Gasteiger partial charge in [-0.25, -0.2) is 9.97 Å². The molecule has 1 aliphatic heterocycles. The predicted octanol–water partition coefficient (Wildman–Crippen LogP) is 3.27. The number of hydrogen-bond acceptors (Lipinski definition) is 6. The topological polar surface area (TPSA) is 75.9 Å². The number of nitrogens with one attached hydrogen (secondary N) is 1. The van der Waals surface area contributed by atoms with E-state index in [9.17, 15) is 5.11 Å². The van der Waals surface area contributed by atoms with E-state index < -0.39 is 0 Å². The molecule has 26 heavy (non-hydrogen) atoms. The van der Waals surface area contributed by atoms with Crippen LogP contribution in [0.15, 0.2) is 54.3 Å². The zero-order valence-electron chi connectivity index (χ0n) is 14.4. The lowest BCUT2D eigenvalue weighted by Crippen LogP contribution is -2.14. The summed E-state index contributed by atoms with van der Waals surface area (Å²) >= 11 is 1.80. The van der Waals surface area contributed by atoms with E-state index in [1.54, 1.807) is 36.5 Å². The maximum absolute atomic E-state index is 10.4. The van der Waals surface area contributed by atoms with E-state index in [4.69, 9.17) is 0 Å². The highest BCUT2D eigenvalue weighted by molar-refractivity contribution is 7.99. The number of thioether (sulfide) groups is 1. The SMILES string of the molecule is Oc1cc(-n2ccnc2)ccc1-c1cnc(SC2CCCNCC2)cn1. The van der Waals surface area contributed by atoms with Gasteiger partial charge in [-0.2, -0.15) is 0 Å². The molecule has 2 aromatic heterocycles. The number of hydrogen-bond donors (Lipinski definition) is 2. The Morgan fingerprint density at radius 2 is 2.12 bits per heavy atom. The van der Waals surface area contributed by atoms with Crippen molar-refractivity contribution in [2.75, 3.05) is 13.1 Å². The van der Waals surface area contributed by atoms with Gasteiger partial charge in [0.2, 0.25) is 0 Å². The fraction of sp³-hybridized carbons (Fsp3) is 0.316. The molecule has 1 aliphatic rings. The summed E-state index contributed by atoms with van der Waals surface area (Å²) in [6.45, 7) is 2.18. The summed E-state index contributed by atoms with van der Waals surface area (Å²) in [6.07, 6.45) is 12.4. The largest absolute Gasteiger partial charge is 0.507 e. The number of aromatic hydroxyl groups is 1. The number of phenolic OH excluding ortho intramolecular Hbond substituents is 1. The Morgan fingerprint density at radius 3 is 2.88 bits per heavy atom. The van der Waals surface area contributed by atoms with Crippen LogP contribution in [0.5, 0.6) is 5.75 Å². The number of nitrogens with zero attached hydrogens (tertiary/aromatic N) is 4. The van der Waals surface area contributed by atoms with Gasteiger partial charge in [-0.15, -0.1) is 11.8 Å². The molecule has 1 fully saturated rings. The standard InChI is InChI=1S/C19H21N5OS/c25-18-10-14(24-9-8-21-13-24)3-4-16(18)17-11-23-19(12-22-17)26-15-2-1-6-20-7-5-15/h3-4,8-13,15,20,25H,1-2,5-7H2.